The summed E-state index contributed by atoms with van der Waals surface area (Å²) in [6.45, 7) is 4.64. The fourth-order valence-corrected chi connectivity index (χ4v) is 3.02. The first kappa shape index (κ1) is 12.1. The molecule has 0 N–H and O–H groups in total. The molecule has 0 saturated heterocycles. The zero-order valence-electron chi connectivity index (χ0n) is 10.2. The molecule has 0 heterocycles. The van der Waals surface area contributed by atoms with Crippen molar-refractivity contribution in [1.82, 2.24) is 0 Å². The van der Waals surface area contributed by atoms with Crippen molar-refractivity contribution in [2.24, 2.45) is 11.8 Å². The third-order valence-electron chi connectivity index (χ3n) is 3.80. The normalized spacial score (nSPS) is 27.9. The van der Waals surface area contributed by atoms with Gasteiger partial charge in [-0.15, -0.1) is 0 Å². The van der Waals surface area contributed by atoms with Gasteiger partial charge in [-0.25, -0.2) is 0 Å². The Kier molecular flexibility index (Phi) is 6.31. The molecule has 1 aliphatic carbocycles. The predicted octanol–water partition coefficient (Wildman–Crippen LogP) is 5.17. The minimum Gasteiger partial charge on any atom is -0.0654 e. The van der Waals surface area contributed by atoms with Gasteiger partial charge in [-0.1, -0.05) is 71.6 Å². The predicted molar refractivity (Wildman–Crippen MR) is 64.5 cm³/mol. The first-order valence-corrected chi connectivity index (χ1v) is 6.86. The van der Waals surface area contributed by atoms with Gasteiger partial charge in [-0.05, 0) is 18.3 Å². The summed E-state index contributed by atoms with van der Waals surface area (Å²) in [5.74, 6) is 2.17. The smallest absolute Gasteiger partial charge is 0.0412 e. The van der Waals surface area contributed by atoms with E-state index in [1.807, 2.05) is 0 Å². The van der Waals surface area contributed by atoms with Gasteiger partial charge in [0.25, 0.3) is 0 Å². The summed E-state index contributed by atoms with van der Waals surface area (Å²) >= 11 is 0. The van der Waals surface area contributed by atoms with E-state index in [0.29, 0.717) is 0 Å². The minimum absolute atomic E-state index is 1.08. The van der Waals surface area contributed by atoms with Crippen LogP contribution in [-0.2, 0) is 0 Å². The third kappa shape index (κ3) is 4.48. The Morgan fingerprint density at radius 3 is 2.21 bits per heavy atom. The van der Waals surface area contributed by atoms with Crippen LogP contribution in [0.3, 0.4) is 0 Å². The molecule has 1 fully saturated rings. The van der Waals surface area contributed by atoms with Crippen LogP contribution in [0.4, 0.5) is 0 Å². The second-order valence-corrected chi connectivity index (χ2v) is 5.18. The summed E-state index contributed by atoms with van der Waals surface area (Å²) in [4.78, 5) is 0. The standard InChI is InChI=1S/C14H28/c1-3-5-6-9-14-11-7-10-13(12-14)8-4-2/h13-14H,3-12H2,1-2H3. The second-order valence-electron chi connectivity index (χ2n) is 5.18. The van der Waals surface area contributed by atoms with Gasteiger partial charge in [-0.2, -0.15) is 0 Å². The zero-order valence-corrected chi connectivity index (χ0v) is 10.2. The average molecular weight is 196 g/mol. The topological polar surface area (TPSA) is 0 Å². The van der Waals surface area contributed by atoms with Crippen molar-refractivity contribution in [3.05, 3.63) is 0 Å². The van der Waals surface area contributed by atoms with Crippen LogP contribution in [0, 0.1) is 11.8 Å². The molecule has 0 bridgehead atoms. The van der Waals surface area contributed by atoms with E-state index in [1.165, 1.54) is 57.8 Å². The number of hydrogen-bond donors (Lipinski definition) is 0. The molecule has 0 aliphatic heterocycles. The fourth-order valence-electron chi connectivity index (χ4n) is 3.02. The van der Waals surface area contributed by atoms with Crippen molar-refractivity contribution in [1.29, 1.82) is 0 Å². The lowest BCUT2D eigenvalue weighted by Crippen LogP contribution is -2.15. The molecule has 1 aliphatic rings. The molecule has 84 valence electrons. The molecule has 2 atom stereocenters. The van der Waals surface area contributed by atoms with Crippen molar-refractivity contribution < 1.29 is 0 Å². The van der Waals surface area contributed by atoms with E-state index in [4.69, 9.17) is 0 Å². The van der Waals surface area contributed by atoms with Crippen molar-refractivity contribution in [2.75, 3.05) is 0 Å². The fraction of sp³-hybridized carbons (Fsp3) is 1.00. The van der Waals surface area contributed by atoms with Crippen LogP contribution < -0.4 is 0 Å². The Balaban J connectivity index is 2.12. The maximum Gasteiger partial charge on any atom is -0.0412 e. The molecular formula is C14H28. The Bertz CT molecular complexity index is 126. The number of rotatable bonds is 6. The lowest BCUT2D eigenvalue weighted by molar-refractivity contribution is 0.238. The molecule has 0 spiro atoms. The Morgan fingerprint density at radius 2 is 1.57 bits per heavy atom. The van der Waals surface area contributed by atoms with E-state index < -0.39 is 0 Å². The molecule has 0 heteroatoms. The lowest BCUT2D eigenvalue weighted by atomic mass is 9.77. The highest BCUT2D eigenvalue weighted by Crippen LogP contribution is 2.34. The second kappa shape index (κ2) is 7.31. The summed E-state index contributed by atoms with van der Waals surface area (Å²) < 4.78 is 0. The molecule has 1 saturated carbocycles. The molecule has 0 amide bonds. The Hall–Kier alpha value is 0. The van der Waals surface area contributed by atoms with Crippen LogP contribution in [-0.4, -0.2) is 0 Å². The number of hydrogen-bond acceptors (Lipinski definition) is 0. The molecule has 0 aromatic carbocycles. The lowest BCUT2D eigenvalue weighted by Gasteiger charge is -2.29. The molecular weight excluding hydrogens is 168 g/mol. The van der Waals surface area contributed by atoms with Gasteiger partial charge in [0.1, 0.15) is 0 Å². The van der Waals surface area contributed by atoms with Gasteiger partial charge >= 0.3 is 0 Å². The van der Waals surface area contributed by atoms with Crippen LogP contribution in [0.15, 0.2) is 0 Å². The highest BCUT2D eigenvalue weighted by atomic mass is 14.3. The van der Waals surface area contributed by atoms with Gasteiger partial charge in [0, 0.05) is 0 Å². The summed E-state index contributed by atoms with van der Waals surface area (Å²) in [7, 11) is 0. The van der Waals surface area contributed by atoms with Crippen LogP contribution in [0.1, 0.15) is 78.1 Å². The largest absolute Gasteiger partial charge is 0.0654 e. The van der Waals surface area contributed by atoms with Crippen LogP contribution in [0.25, 0.3) is 0 Å². The summed E-state index contributed by atoms with van der Waals surface area (Å²) in [6.07, 6.45) is 14.9. The monoisotopic (exact) mass is 196 g/mol. The van der Waals surface area contributed by atoms with Crippen molar-refractivity contribution in [3.8, 4) is 0 Å². The van der Waals surface area contributed by atoms with Crippen LogP contribution in [0.2, 0.25) is 0 Å². The highest BCUT2D eigenvalue weighted by Gasteiger charge is 2.20. The SMILES string of the molecule is CCCCCC1CCCC(CCC)C1. The van der Waals surface area contributed by atoms with E-state index in [2.05, 4.69) is 13.8 Å². The maximum atomic E-state index is 2.33. The van der Waals surface area contributed by atoms with Gasteiger partial charge in [0.05, 0.1) is 0 Å². The molecule has 1 rings (SSSR count). The van der Waals surface area contributed by atoms with E-state index in [9.17, 15) is 0 Å². The maximum absolute atomic E-state index is 2.33. The van der Waals surface area contributed by atoms with Gasteiger partial charge < -0.3 is 0 Å². The van der Waals surface area contributed by atoms with Crippen molar-refractivity contribution >= 4 is 0 Å². The van der Waals surface area contributed by atoms with E-state index in [-0.39, 0.29) is 0 Å². The van der Waals surface area contributed by atoms with E-state index in [1.54, 1.807) is 6.42 Å². The quantitative estimate of drug-likeness (QED) is 0.514. The van der Waals surface area contributed by atoms with Crippen LogP contribution in [0.5, 0.6) is 0 Å². The Morgan fingerprint density at radius 1 is 0.857 bits per heavy atom. The molecule has 0 radical (unpaired) electrons. The average Bonchev–Trinajstić information content (AvgIpc) is 2.19. The molecule has 0 nitrogen and oxygen atoms in total. The highest BCUT2D eigenvalue weighted by molar-refractivity contribution is 4.72. The molecule has 0 aromatic rings. The van der Waals surface area contributed by atoms with E-state index in [0.717, 1.165) is 11.8 Å². The molecule has 2 unspecified atom stereocenters. The van der Waals surface area contributed by atoms with Gasteiger partial charge in [-0.3, -0.25) is 0 Å². The summed E-state index contributed by atoms with van der Waals surface area (Å²) in [6, 6.07) is 0. The minimum atomic E-state index is 1.08. The summed E-state index contributed by atoms with van der Waals surface area (Å²) in [5.41, 5.74) is 0. The first-order chi connectivity index (χ1) is 6.86. The number of unbranched alkanes of at least 4 members (excludes halogenated alkanes) is 2. The molecule has 14 heavy (non-hydrogen) atoms. The summed E-state index contributed by atoms with van der Waals surface area (Å²) in [5, 5.41) is 0. The van der Waals surface area contributed by atoms with Crippen molar-refractivity contribution in [3.63, 3.8) is 0 Å². The Labute approximate surface area is 90.5 Å². The van der Waals surface area contributed by atoms with Gasteiger partial charge in [0.2, 0.25) is 0 Å². The van der Waals surface area contributed by atoms with Gasteiger partial charge in [0.15, 0.2) is 0 Å². The first-order valence-electron chi connectivity index (χ1n) is 6.86. The van der Waals surface area contributed by atoms with Crippen LogP contribution >= 0.6 is 0 Å². The third-order valence-corrected chi connectivity index (χ3v) is 3.80. The molecule has 0 aromatic heterocycles. The zero-order chi connectivity index (χ0) is 10.2. The van der Waals surface area contributed by atoms with E-state index >= 15 is 0 Å². The van der Waals surface area contributed by atoms with Crippen molar-refractivity contribution in [2.45, 2.75) is 78.1 Å².